The average Bonchev–Trinajstić information content (AvgIpc) is 2.81. The molecule has 1 aliphatic rings. The Kier molecular flexibility index (Phi) is 6.69. The van der Waals surface area contributed by atoms with E-state index in [0.717, 1.165) is 5.56 Å². The van der Waals surface area contributed by atoms with Crippen LogP contribution in [0.15, 0.2) is 72.8 Å². The molecule has 0 saturated heterocycles. The van der Waals surface area contributed by atoms with Crippen molar-refractivity contribution >= 4 is 27.3 Å². The molecule has 172 valence electrons. The summed E-state index contributed by atoms with van der Waals surface area (Å²) in [6, 6.07) is 21.1. The summed E-state index contributed by atoms with van der Waals surface area (Å²) in [5, 5.41) is 2.75. The number of hydrogen-bond acceptors (Lipinski definition) is 6. The molecule has 1 aliphatic heterocycles. The van der Waals surface area contributed by atoms with Crippen LogP contribution in [0, 0.1) is 0 Å². The maximum Gasteiger partial charge on any atom is 0.262 e. The fourth-order valence-electron chi connectivity index (χ4n) is 3.32. The highest BCUT2D eigenvalue weighted by Gasteiger charge is 2.18. The Morgan fingerprint density at radius 2 is 1.67 bits per heavy atom. The van der Waals surface area contributed by atoms with Gasteiger partial charge in [0, 0.05) is 11.8 Å². The number of rotatable bonds is 8. The predicted molar refractivity (Wildman–Crippen MR) is 125 cm³/mol. The Morgan fingerprint density at radius 3 is 2.36 bits per heavy atom. The van der Waals surface area contributed by atoms with Crippen LogP contribution in [0.25, 0.3) is 0 Å². The van der Waals surface area contributed by atoms with E-state index in [2.05, 4.69) is 5.32 Å². The maximum atomic E-state index is 12.3. The Balaban J connectivity index is 1.36. The van der Waals surface area contributed by atoms with Crippen LogP contribution in [0.1, 0.15) is 5.56 Å². The van der Waals surface area contributed by atoms with Crippen LogP contribution in [-0.4, -0.2) is 40.4 Å². The number of nitrogens with one attached hydrogen (secondary N) is 1. The second kappa shape index (κ2) is 9.83. The number of sulfonamides is 1. The maximum absolute atomic E-state index is 12.3. The average molecular weight is 469 g/mol. The van der Waals surface area contributed by atoms with Gasteiger partial charge in [0.1, 0.15) is 19.0 Å². The lowest BCUT2D eigenvalue weighted by molar-refractivity contribution is -0.118. The van der Waals surface area contributed by atoms with Crippen LogP contribution >= 0.6 is 0 Å². The third kappa shape index (κ3) is 5.95. The molecule has 9 heteroatoms. The highest BCUT2D eigenvalue weighted by Crippen LogP contribution is 2.32. The smallest absolute Gasteiger partial charge is 0.262 e. The van der Waals surface area contributed by atoms with Gasteiger partial charge in [0.2, 0.25) is 10.0 Å². The number of ether oxygens (including phenoxy) is 3. The molecule has 1 N–H and O–H groups in total. The van der Waals surface area contributed by atoms with Crippen molar-refractivity contribution in [3.63, 3.8) is 0 Å². The van der Waals surface area contributed by atoms with E-state index >= 15 is 0 Å². The molecular formula is C24H24N2O6S. The summed E-state index contributed by atoms with van der Waals surface area (Å²) >= 11 is 0. The van der Waals surface area contributed by atoms with Crippen molar-refractivity contribution in [3.8, 4) is 17.2 Å². The lowest BCUT2D eigenvalue weighted by atomic mass is 10.2. The number of fused-ring (bicyclic) bond motifs is 1. The molecular weight excluding hydrogens is 444 g/mol. The number of amides is 1. The van der Waals surface area contributed by atoms with E-state index in [1.54, 1.807) is 42.5 Å². The third-order valence-corrected chi connectivity index (χ3v) is 6.03. The molecule has 0 aromatic heterocycles. The zero-order valence-electron chi connectivity index (χ0n) is 18.1. The first-order chi connectivity index (χ1) is 15.9. The van der Waals surface area contributed by atoms with E-state index in [-0.39, 0.29) is 19.1 Å². The predicted octanol–water partition coefficient (Wildman–Crippen LogP) is 3.44. The molecule has 3 aromatic rings. The minimum absolute atomic E-state index is 0.201. The minimum atomic E-state index is -3.49. The number of carbonyl (C=O) groups is 1. The molecule has 1 heterocycles. The van der Waals surface area contributed by atoms with Crippen molar-refractivity contribution in [2.45, 2.75) is 6.54 Å². The molecule has 3 aromatic carbocycles. The van der Waals surface area contributed by atoms with Gasteiger partial charge >= 0.3 is 0 Å². The van der Waals surface area contributed by atoms with Gasteiger partial charge in [0.15, 0.2) is 18.1 Å². The van der Waals surface area contributed by atoms with Crippen molar-refractivity contribution < 1.29 is 27.4 Å². The third-order valence-electron chi connectivity index (χ3n) is 4.89. The normalized spacial score (nSPS) is 12.6. The number of benzene rings is 3. The highest BCUT2D eigenvalue weighted by atomic mass is 32.2. The second-order valence-electron chi connectivity index (χ2n) is 7.44. The van der Waals surface area contributed by atoms with Crippen molar-refractivity contribution in [1.82, 2.24) is 0 Å². The van der Waals surface area contributed by atoms with Crippen molar-refractivity contribution in [2.24, 2.45) is 0 Å². The van der Waals surface area contributed by atoms with E-state index in [0.29, 0.717) is 41.8 Å². The molecule has 1 amide bonds. The Bertz CT molecular complexity index is 1210. The van der Waals surface area contributed by atoms with Gasteiger partial charge in [0.25, 0.3) is 5.91 Å². The van der Waals surface area contributed by atoms with E-state index in [1.165, 1.54) is 10.6 Å². The number of anilines is 2. The largest absolute Gasteiger partial charge is 0.486 e. The summed E-state index contributed by atoms with van der Waals surface area (Å²) in [4.78, 5) is 12.3. The Labute approximate surface area is 192 Å². The van der Waals surface area contributed by atoms with Crippen LogP contribution < -0.4 is 23.8 Å². The molecule has 33 heavy (non-hydrogen) atoms. The topological polar surface area (TPSA) is 94.2 Å². The Hall–Kier alpha value is -3.72. The van der Waals surface area contributed by atoms with Crippen LogP contribution in [0.2, 0.25) is 0 Å². The molecule has 8 nitrogen and oxygen atoms in total. The molecule has 0 bridgehead atoms. The summed E-state index contributed by atoms with van der Waals surface area (Å²) < 4.78 is 42.5. The SMILES string of the molecule is CS(=O)(=O)N(Cc1ccccc1)c1ccc(OCC(=O)Nc2ccc3c(c2)OCCO3)cc1. The molecule has 0 spiro atoms. The fourth-order valence-corrected chi connectivity index (χ4v) is 4.21. The minimum Gasteiger partial charge on any atom is -0.486 e. The van der Waals surface area contributed by atoms with Gasteiger partial charge in [-0.05, 0) is 42.0 Å². The zero-order chi connectivity index (χ0) is 23.3. The van der Waals surface area contributed by atoms with Crippen molar-refractivity contribution in [3.05, 3.63) is 78.4 Å². The first-order valence-corrected chi connectivity index (χ1v) is 12.2. The molecule has 0 atom stereocenters. The monoisotopic (exact) mass is 468 g/mol. The van der Waals surface area contributed by atoms with Gasteiger partial charge in [-0.1, -0.05) is 30.3 Å². The first kappa shape index (κ1) is 22.5. The molecule has 0 unspecified atom stereocenters. The van der Waals surface area contributed by atoms with E-state index in [1.807, 2.05) is 30.3 Å². The zero-order valence-corrected chi connectivity index (χ0v) is 18.9. The van der Waals surface area contributed by atoms with E-state index in [9.17, 15) is 13.2 Å². The molecule has 0 saturated carbocycles. The lowest BCUT2D eigenvalue weighted by Crippen LogP contribution is -2.29. The first-order valence-electron chi connectivity index (χ1n) is 10.3. The number of nitrogens with zero attached hydrogens (tertiary/aromatic N) is 1. The summed E-state index contributed by atoms with van der Waals surface area (Å²) in [5.74, 6) is 1.34. The quantitative estimate of drug-likeness (QED) is 0.544. The van der Waals surface area contributed by atoms with E-state index in [4.69, 9.17) is 14.2 Å². The summed E-state index contributed by atoms with van der Waals surface area (Å²) in [6.07, 6.45) is 1.17. The Morgan fingerprint density at radius 1 is 0.970 bits per heavy atom. The van der Waals surface area contributed by atoms with E-state index < -0.39 is 10.0 Å². The van der Waals surface area contributed by atoms with Crippen molar-refractivity contribution in [2.75, 3.05) is 35.7 Å². The van der Waals surface area contributed by atoms with Gasteiger partial charge in [-0.2, -0.15) is 0 Å². The summed E-state index contributed by atoms with van der Waals surface area (Å²) in [5.41, 5.74) is 1.96. The lowest BCUT2D eigenvalue weighted by Gasteiger charge is -2.22. The second-order valence-corrected chi connectivity index (χ2v) is 9.35. The standard InChI is InChI=1S/C24H24N2O6S/c1-33(28,29)26(16-18-5-3-2-4-6-18)20-8-10-21(11-9-20)32-17-24(27)25-19-7-12-22-23(15-19)31-14-13-30-22/h2-12,15H,13-14,16-17H2,1H3,(H,25,27). The number of carbonyl (C=O) groups excluding carboxylic acids is 1. The number of hydrogen-bond donors (Lipinski definition) is 1. The van der Waals surface area contributed by atoms with Gasteiger partial charge in [-0.15, -0.1) is 0 Å². The fraction of sp³-hybridized carbons (Fsp3) is 0.208. The van der Waals surface area contributed by atoms with Crippen LogP contribution in [0.5, 0.6) is 17.2 Å². The van der Waals surface area contributed by atoms with Gasteiger partial charge in [-0.3, -0.25) is 9.10 Å². The van der Waals surface area contributed by atoms with Gasteiger partial charge in [0.05, 0.1) is 18.5 Å². The van der Waals surface area contributed by atoms with Gasteiger partial charge in [-0.25, -0.2) is 8.42 Å². The molecule has 4 rings (SSSR count). The van der Waals surface area contributed by atoms with Crippen LogP contribution in [-0.2, 0) is 21.4 Å². The molecule has 0 aliphatic carbocycles. The summed E-state index contributed by atoms with van der Waals surface area (Å²) in [7, 11) is -3.49. The summed E-state index contributed by atoms with van der Waals surface area (Å²) in [6.45, 7) is 0.983. The molecule has 0 fully saturated rings. The highest BCUT2D eigenvalue weighted by molar-refractivity contribution is 7.92. The van der Waals surface area contributed by atoms with Crippen LogP contribution in [0.4, 0.5) is 11.4 Å². The van der Waals surface area contributed by atoms with Crippen molar-refractivity contribution in [1.29, 1.82) is 0 Å². The van der Waals surface area contributed by atoms with Gasteiger partial charge < -0.3 is 19.5 Å². The van der Waals surface area contributed by atoms with Crippen LogP contribution in [0.3, 0.4) is 0 Å². The molecule has 0 radical (unpaired) electrons.